The summed E-state index contributed by atoms with van der Waals surface area (Å²) >= 11 is 0. The summed E-state index contributed by atoms with van der Waals surface area (Å²) in [6.45, 7) is 0. The van der Waals surface area contributed by atoms with Gasteiger partial charge in [-0.25, -0.2) is 0 Å². The average Bonchev–Trinajstić information content (AvgIpc) is 2.01. The maximum absolute atomic E-state index is 9.00. The van der Waals surface area contributed by atoms with E-state index in [0.29, 0.717) is 0 Å². The van der Waals surface area contributed by atoms with Crippen LogP contribution in [0.5, 0.6) is 0 Å². The second-order valence-electron chi connectivity index (χ2n) is 2.83. The van der Waals surface area contributed by atoms with Crippen LogP contribution in [0.2, 0.25) is 0 Å². The molecule has 0 heterocycles. The average molecular weight is 146 g/mol. The van der Waals surface area contributed by atoms with Gasteiger partial charge in [0.25, 0.3) is 0 Å². The lowest BCUT2D eigenvalue weighted by Gasteiger charge is -2.20. The molecule has 1 unspecified atom stereocenters. The molecule has 2 rings (SSSR count). The third kappa shape index (κ3) is 1.19. The first-order valence-electron chi connectivity index (χ1n) is 3.80. The maximum atomic E-state index is 9.00. The van der Waals surface area contributed by atoms with Crippen molar-refractivity contribution in [3.8, 4) is 0 Å². The van der Waals surface area contributed by atoms with Crippen molar-refractivity contribution >= 4 is 5.57 Å². The molecule has 0 aliphatic heterocycles. The molecule has 0 saturated heterocycles. The van der Waals surface area contributed by atoms with Gasteiger partial charge in [-0.1, -0.05) is 36.4 Å². The van der Waals surface area contributed by atoms with Crippen molar-refractivity contribution < 1.29 is 5.11 Å². The van der Waals surface area contributed by atoms with E-state index >= 15 is 0 Å². The van der Waals surface area contributed by atoms with Crippen LogP contribution in [0.25, 0.3) is 5.57 Å². The van der Waals surface area contributed by atoms with Gasteiger partial charge in [-0.05, 0) is 11.1 Å². The number of aliphatic hydroxyl groups is 1. The molecule has 1 aromatic rings. The number of benzene rings is 1. The number of aliphatic hydroxyl groups excluding tert-OH is 1. The van der Waals surface area contributed by atoms with E-state index in [9.17, 15) is 0 Å². The Balaban J connectivity index is 2.26. The molecule has 0 bridgehead atoms. The summed E-state index contributed by atoms with van der Waals surface area (Å²) in [7, 11) is 0. The molecule has 56 valence electrons. The molecule has 1 atom stereocenters. The fourth-order valence-electron chi connectivity index (χ4n) is 1.29. The van der Waals surface area contributed by atoms with Gasteiger partial charge >= 0.3 is 0 Å². The summed E-state index contributed by atoms with van der Waals surface area (Å²) in [5.41, 5.74) is 2.50. The van der Waals surface area contributed by atoms with Crippen LogP contribution >= 0.6 is 0 Å². The van der Waals surface area contributed by atoms with Crippen LogP contribution < -0.4 is 0 Å². The zero-order valence-corrected chi connectivity index (χ0v) is 6.20. The van der Waals surface area contributed by atoms with Crippen LogP contribution in [0, 0.1) is 0 Å². The maximum Gasteiger partial charge on any atom is 0.0767 e. The van der Waals surface area contributed by atoms with Gasteiger partial charge in [-0.3, -0.25) is 0 Å². The molecule has 1 aromatic carbocycles. The van der Waals surface area contributed by atoms with Gasteiger partial charge in [0.05, 0.1) is 6.10 Å². The molecule has 1 aliphatic rings. The van der Waals surface area contributed by atoms with E-state index in [2.05, 4.69) is 12.1 Å². The van der Waals surface area contributed by atoms with Crippen LogP contribution in [0.15, 0.2) is 36.4 Å². The van der Waals surface area contributed by atoms with Gasteiger partial charge < -0.3 is 5.11 Å². The van der Waals surface area contributed by atoms with Crippen molar-refractivity contribution in [2.24, 2.45) is 0 Å². The summed E-state index contributed by atoms with van der Waals surface area (Å²) in [6.07, 6.45) is 2.50. The monoisotopic (exact) mass is 146 g/mol. The lowest BCUT2D eigenvalue weighted by molar-refractivity contribution is 0.215. The minimum absolute atomic E-state index is 0.204. The minimum Gasteiger partial charge on any atom is -0.389 e. The molecule has 0 fully saturated rings. The minimum atomic E-state index is -0.204. The fourth-order valence-corrected chi connectivity index (χ4v) is 1.29. The summed E-state index contributed by atoms with van der Waals surface area (Å²) in [6, 6.07) is 10.2. The summed E-state index contributed by atoms with van der Waals surface area (Å²) < 4.78 is 0. The van der Waals surface area contributed by atoms with Gasteiger partial charge in [0.2, 0.25) is 0 Å². The predicted octanol–water partition coefficient (Wildman–Crippen LogP) is 1.83. The summed E-state index contributed by atoms with van der Waals surface area (Å²) in [5, 5.41) is 9.00. The van der Waals surface area contributed by atoms with Gasteiger partial charge in [0, 0.05) is 6.42 Å². The van der Waals surface area contributed by atoms with Crippen molar-refractivity contribution in [2.45, 2.75) is 12.5 Å². The molecule has 11 heavy (non-hydrogen) atoms. The molecule has 1 heteroatoms. The van der Waals surface area contributed by atoms with E-state index in [1.165, 1.54) is 11.1 Å². The van der Waals surface area contributed by atoms with E-state index in [1.807, 2.05) is 24.3 Å². The molecule has 0 spiro atoms. The molecule has 1 aliphatic carbocycles. The first-order chi connectivity index (χ1) is 5.36. The zero-order chi connectivity index (χ0) is 7.68. The molecule has 0 amide bonds. The first-order valence-corrected chi connectivity index (χ1v) is 3.80. The molecular weight excluding hydrogens is 136 g/mol. The fraction of sp³-hybridized carbons (Fsp3) is 0.200. The highest BCUT2D eigenvalue weighted by molar-refractivity contribution is 5.71. The van der Waals surface area contributed by atoms with Crippen LogP contribution in [0.4, 0.5) is 0 Å². The van der Waals surface area contributed by atoms with Crippen molar-refractivity contribution in [1.29, 1.82) is 0 Å². The molecule has 0 aromatic heterocycles. The first kappa shape index (κ1) is 6.62. The quantitative estimate of drug-likeness (QED) is 0.641. The molecule has 1 nitrogen and oxygen atoms in total. The third-order valence-electron chi connectivity index (χ3n) is 1.97. The van der Waals surface area contributed by atoms with Crippen LogP contribution in [-0.2, 0) is 0 Å². The van der Waals surface area contributed by atoms with Gasteiger partial charge in [0.1, 0.15) is 0 Å². The van der Waals surface area contributed by atoms with Crippen LogP contribution in [-0.4, -0.2) is 11.2 Å². The van der Waals surface area contributed by atoms with Crippen LogP contribution in [0.3, 0.4) is 0 Å². The number of hydrogen-bond acceptors (Lipinski definition) is 1. The van der Waals surface area contributed by atoms with E-state index < -0.39 is 0 Å². The second kappa shape index (κ2) is 2.51. The number of hydrogen-bond donors (Lipinski definition) is 1. The highest BCUT2D eigenvalue weighted by Crippen LogP contribution is 2.28. The predicted molar refractivity (Wildman–Crippen MR) is 45.0 cm³/mol. The third-order valence-corrected chi connectivity index (χ3v) is 1.97. The zero-order valence-electron chi connectivity index (χ0n) is 6.20. The van der Waals surface area contributed by atoms with E-state index in [0.717, 1.165) is 6.42 Å². The van der Waals surface area contributed by atoms with Crippen molar-refractivity contribution in [3.05, 3.63) is 42.0 Å². The standard InChI is InChI=1S/C10H10O/c11-10-6-9(7-10)8-4-2-1-3-5-8/h1-6,10-11H,7H2. The van der Waals surface area contributed by atoms with Crippen molar-refractivity contribution in [3.63, 3.8) is 0 Å². The van der Waals surface area contributed by atoms with E-state index in [1.54, 1.807) is 0 Å². The van der Waals surface area contributed by atoms with Gasteiger partial charge in [-0.2, -0.15) is 0 Å². The number of rotatable bonds is 1. The Hall–Kier alpha value is -1.08. The molecular formula is C10H10O. The Morgan fingerprint density at radius 3 is 2.36 bits per heavy atom. The Labute approximate surface area is 66.0 Å². The van der Waals surface area contributed by atoms with Gasteiger partial charge in [0.15, 0.2) is 0 Å². The Morgan fingerprint density at radius 1 is 1.18 bits per heavy atom. The van der Waals surface area contributed by atoms with Gasteiger partial charge in [-0.15, -0.1) is 0 Å². The highest BCUT2D eigenvalue weighted by atomic mass is 16.3. The summed E-state index contributed by atoms with van der Waals surface area (Å²) in [4.78, 5) is 0. The lowest BCUT2D eigenvalue weighted by Crippen LogP contribution is -2.13. The highest BCUT2D eigenvalue weighted by Gasteiger charge is 2.16. The lowest BCUT2D eigenvalue weighted by atomic mass is 9.90. The smallest absolute Gasteiger partial charge is 0.0767 e. The SMILES string of the molecule is OC1C=C(c2ccccc2)C1. The van der Waals surface area contributed by atoms with Crippen molar-refractivity contribution in [2.75, 3.05) is 0 Å². The second-order valence-corrected chi connectivity index (χ2v) is 2.83. The topological polar surface area (TPSA) is 20.2 Å². The van der Waals surface area contributed by atoms with Crippen molar-refractivity contribution in [1.82, 2.24) is 0 Å². The molecule has 0 saturated carbocycles. The summed E-state index contributed by atoms with van der Waals surface area (Å²) in [5.74, 6) is 0. The molecule has 1 N–H and O–H groups in total. The Bertz CT molecular complexity index is 274. The van der Waals surface area contributed by atoms with Crippen LogP contribution in [0.1, 0.15) is 12.0 Å². The Kier molecular flexibility index (Phi) is 1.51. The normalized spacial score (nSPS) is 22.3. The molecule has 0 radical (unpaired) electrons. The van der Waals surface area contributed by atoms with E-state index in [-0.39, 0.29) is 6.10 Å². The van der Waals surface area contributed by atoms with E-state index in [4.69, 9.17) is 5.11 Å². The largest absolute Gasteiger partial charge is 0.389 e. The Morgan fingerprint density at radius 2 is 1.82 bits per heavy atom.